The summed E-state index contributed by atoms with van der Waals surface area (Å²) in [4.78, 5) is 27.4. The van der Waals surface area contributed by atoms with E-state index in [9.17, 15) is 14.9 Å². The summed E-state index contributed by atoms with van der Waals surface area (Å²) in [6.45, 7) is 3.78. The zero-order valence-corrected chi connectivity index (χ0v) is 15.2. The highest BCUT2D eigenvalue weighted by atomic mass is 16.6. The number of nitrogens with zero attached hydrogens (tertiary/aromatic N) is 2. The predicted molar refractivity (Wildman–Crippen MR) is 100 cm³/mol. The van der Waals surface area contributed by atoms with Gasteiger partial charge in [0.2, 0.25) is 0 Å². The maximum atomic E-state index is 12.5. The minimum atomic E-state index is -0.557. The first-order chi connectivity index (χ1) is 12.9. The van der Waals surface area contributed by atoms with Crippen LogP contribution in [0.2, 0.25) is 0 Å². The quantitative estimate of drug-likeness (QED) is 0.294. The van der Waals surface area contributed by atoms with E-state index in [1.165, 1.54) is 25.3 Å². The number of para-hydroxylation sites is 1. The fraction of sp³-hybridized carbons (Fsp3) is 0.200. The maximum Gasteiger partial charge on any atom is 0.315 e. The van der Waals surface area contributed by atoms with Gasteiger partial charge in [0.25, 0.3) is 5.69 Å². The van der Waals surface area contributed by atoms with Crippen LogP contribution in [0.3, 0.4) is 0 Å². The number of nitro groups is 1. The van der Waals surface area contributed by atoms with Gasteiger partial charge in [0.1, 0.15) is 0 Å². The van der Waals surface area contributed by atoms with Crippen LogP contribution in [-0.2, 0) is 11.2 Å². The third-order valence-corrected chi connectivity index (χ3v) is 4.39. The first-order valence-electron chi connectivity index (χ1n) is 8.28. The van der Waals surface area contributed by atoms with Crippen LogP contribution < -0.4 is 9.47 Å². The van der Waals surface area contributed by atoms with Crippen molar-refractivity contribution in [2.24, 2.45) is 0 Å². The molecule has 0 aliphatic carbocycles. The van der Waals surface area contributed by atoms with Crippen LogP contribution in [0.1, 0.15) is 16.8 Å². The van der Waals surface area contributed by atoms with Gasteiger partial charge in [-0.05, 0) is 37.1 Å². The highest BCUT2D eigenvalue weighted by Gasteiger charge is 2.18. The molecule has 0 aliphatic heterocycles. The van der Waals surface area contributed by atoms with Gasteiger partial charge < -0.3 is 9.47 Å². The number of benzene rings is 2. The molecule has 3 aromatic rings. The van der Waals surface area contributed by atoms with Gasteiger partial charge in [-0.3, -0.25) is 19.9 Å². The van der Waals surface area contributed by atoms with Gasteiger partial charge in [-0.25, -0.2) is 0 Å². The van der Waals surface area contributed by atoms with Crippen LogP contribution in [0.5, 0.6) is 11.5 Å². The number of pyridine rings is 1. The summed E-state index contributed by atoms with van der Waals surface area (Å²) in [5.74, 6) is -0.281. The molecule has 2 aromatic carbocycles. The summed E-state index contributed by atoms with van der Waals surface area (Å²) in [6, 6.07) is 11.6. The minimum Gasteiger partial charge on any atom is -0.493 e. The molecule has 0 N–H and O–H groups in total. The normalized spacial score (nSPS) is 10.6. The predicted octanol–water partition coefficient (Wildman–Crippen LogP) is 3.92. The second-order valence-electron chi connectivity index (χ2n) is 6.06. The number of ether oxygens (including phenoxy) is 2. The van der Waals surface area contributed by atoms with E-state index in [0.29, 0.717) is 0 Å². The molecule has 0 amide bonds. The van der Waals surface area contributed by atoms with Crippen LogP contribution in [0.15, 0.2) is 42.5 Å². The van der Waals surface area contributed by atoms with E-state index in [4.69, 9.17) is 9.47 Å². The number of aromatic nitrogens is 1. The monoisotopic (exact) mass is 366 g/mol. The molecule has 27 heavy (non-hydrogen) atoms. The average molecular weight is 366 g/mol. The molecule has 1 aromatic heterocycles. The largest absolute Gasteiger partial charge is 0.493 e. The van der Waals surface area contributed by atoms with E-state index in [1.807, 2.05) is 38.1 Å². The second-order valence-corrected chi connectivity index (χ2v) is 6.06. The topological polar surface area (TPSA) is 91.6 Å². The zero-order valence-electron chi connectivity index (χ0n) is 15.2. The lowest BCUT2D eigenvalue weighted by atomic mass is 10.00. The van der Waals surface area contributed by atoms with E-state index in [2.05, 4.69) is 4.98 Å². The Kier molecular flexibility index (Phi) is 5.03. The Morgan fingerprint density at radius 3 is 2.59 bits per heavy atom. The Bertz CT molecular complexity index is 1050. The van der Waals surface area contributed by atoms with Crippen molar-refractivity contribution in [1.82, 2.24) is 4.98 Å². The first kappa shape index (κ1) is 18.3. The van der Waals surface area contributed by atoms with Crippen LogP contribution in [0, 0.1) is 24.0 Å². The molecule has 0 atom stereocenters. The molecule has 0 unspecified atom stereocenters. The third kappa shape index (κ3) is 3.72. The first-order valence-corrected chi connectivity index (χ1v) is 8.28. The number of esters is 1. The number of fused-ring (bicyclic) bond motifs is 1. The number of hydrogen-bond donors (Lipinski definition) is 0. The molecule has 0 spiro atoms. The maximum absolute atomic E-state index is 12.5. The number of carbonyl (C=O) groups is 1. The van der Waals surface area contributed by atoms with Gasteiger partial charge in [0.05, 0.1) is 30.0 Å². The lowest BCUT2D eigenvalue weighted by Crippen LogP contribution is -2.14. The van der Waals surface area contributed by atoms with Crippen molar-refractivity contribution in [3.05, 3.63) is 69.4 Å². The van der Waals surface area contributed by atoms with Crippen molar-refractivity contribution in [2.45, 2.75) is 20.3 Å². The summed E-state index contributed by atoms with van der Waals surface area (Å²) >= 11 is 0. The molecule has 3 rings (SSSR count). The highest BCUT2D eigenvalue weighted by Crippen LogP contribution is 2.32. The Hall–Kier alpha value is -3.48. The van der Waals surface area contributed by atoms with E-state index >= 15 is 0 Å². The number of nitro benzene ring substituents is 1. The Morgan fingerprint density at radius 1 is 1.15 bits per heavy atom. The van der Waals surface area contributed by atoms with E-state index in [-0.39, 0.29) is 23.6 Å². The standard InChI is InChI=1S/C20H18N2O5/c1-12-15-6-4-5-7-17(15)21-13(2)16(12)11-20(23)27-19-10-14(22(24)25)8-9-18(19)26-3/h4-10H,11H2,1-3H3. The molecule has 1 heterocycles. The summed E-state index contributed by atoms with van der Waals surface area (Å²) in [6.07, 6.45) is 0.00134. The summed E-state index contributed by atoms with van der Waals surface area (Å²) in [5.41, 5.74) is 3.17. The average Bonchev–Trinajstić information content (AvgIpc) is 2.65. The van der Waals surface area contributed by atoms with Gasteiger partial charge in [0.15, 0.2) is 11.5 Å². The molecule has 0 saturated heterocycles. The van der Waals surface area contributed by atoms with Gasteiger partial charge >= 0.3 is 5.97 Å². The second kappa shape index (κ2) is 7.41. The van der Waals surface area contributed by atoms with Crippen molar-refractivity contribution in [2.75, 3.05) is 7.11 Å². The number of hydrogen-bond acceptors (Lipinski definition) is 6. The lowest BCUT2D eigenvalue weighted by molar-refractivity contribution is -0.384. The van der Waals surface area contributed by atoms with Crippen molar-refractivity contribution < 1.29 is 19.2 Å². The molecule has 0 fully saturated rings. The number of methoxy groups -OCH3 is 1. The molecule has 0 aliphatic rings. The summed E-state index contributed by atoms with van der Waals surface area (Å²) in [7, 11) is 1.40. The fourth-order valence-corrected chi connectivity index (χ4v) is 2.99. The van der Waals surface area contributed by atoms with Crippen LogP contribution in [-0.4, -0.2) is 23.0 Å². The van der Waals surface area contributed by atoms with Crippen LogP contribution >= 0.6 is 0 Å². The Morgan fingerprint density at radius 2 is 1.89 bits per heavy atom. The van der Waals surface area contributed by atoms with E-state index < -0.39 is 10.9 Å². The minimum absolute atomic E-state index is 0.00134. The molecule has 138 valence electrons. The Labute approximate surface area is 155 Å². The summed E-state index contributed by atoms with van der Waals surface area (Å²) < 4.78 is 10.5. The zero-order chi connectivity index (χ0) is 19.6. The number of aryl methyl sites for hydroxylation is 2. The highest BCUT2D eigenvalue weighted by molar-refractivity contribution is 5.85. The molecule has 0 saturated carbocycles. The Balaban J connectivity index is 1.90. The van der Waals surface area contributed by atoms with Crippen LogP contribution in [0.4, 0.5) is 5.69 Å². The van der Waals surface area contributed by atoms with Crippen molar-refractivity contribution >= 4 is 22.6 Å². The lowest BCUT2D eigenvalue weighted by Gasteiger charge is -2.13. The third-order valence-electron chi connectivity index (χ3n) is 4.39. The number of carbonyl (C=O) groups excluding carboxylic acids is 1. The van der Waals surface area contributed by atoms with Crippen LogP contribution in [0.25, 0.3) is 10.9 Å². The SMILES string of the molecule is COc1ccc([N+](=O)[O-])cc1OC(=O)Cc1c(C)nc2ccccc2c1C. The van der Waals surface area contributed by atoms with Crippen molar-refractivity contribution in [3.8, 4) is 11.5 Å². The van der Waals surface area contributed by atoms with E-state index in [1.54, 1.807) is 0 Å². The molecule has 7 nitrogen and oxygen atoms in total. The van der Waals surface area contributed by atoms with Crippen molar-refractivity contribution in [1.29, 1.82) is 0 Å². The fourth-order valence-electron chi connectivity index (χ4n) is 2.99. The molecule has 7 heteroatoms. The molecular weight excluding hydrogens is 348 g/mol. The van der Waals surface area contributed by atoms with Gasteiger partial charge in [0, 0.05) is 17.1 Å². The van der Waals surface area contributed by atoms with Gasteiger partial charge in [-0.15, -0.1) is 0 Å². The number of rotatable bonds is 5. The van der Waals surface area contributed by atoms with E-state index in [0.717, 1.165) is 27.7 Å². The number of non-ortho nitro benzene ring substituents is 1. The van der Waals surface area contributed by atoms with Gasteiger partial charge in [-0.1, -0.05) is 18.2 Å². The smallest absolute Gasteiger partial charge is 0.315 e. The van der Waals surface area contributed by atoms with Gasteiger partial charge in [-0.2, -0.15) is 0 Å². The molecule has 0 bridgehead atoms. The molecular formula is C20H18N2O5. The van der Waals surface area contributed by atoms with Crippen molar-refractivity contribution in [3.63, 3.8) is 0 Å². The molecule has 0 radical (unpaired) electrons. The summed E-state index contributed by atoms with van der Waals surface area (Å²) in [5, 5.41) is 11.9.